The summed E-state index contributed by atoms with van der Waals surface area (Å²) in [7, 11) is 0. The molecule has 3 rings (SSSR count). The maximum atomic E-state index is 12.3. The van der Waals surface area contributed by atoms with Crippen LogP contribution in [0.5, 0.6) is 5.75 Å². The van der Waals surface area contributed by atoms with Gasteiger partial charge in [0.15, 0.2) is 0 Å². The van der Waals surface area contributed by atoms with Crippen LogP contribution in [0.3, 0.4) is 0 Å². The number of carbonyl (C=O) groups is 1. The number of carbonyl (C=O) groups excluding carboxylic acids is 1. The molecule has 1 aromatic heterocycles. The Morgan fingerprint density at radius 3 is 2.86 bits per heavy atom. The normalized spacial score (nSPS) is 14.6. The molecule has 1 aliphatic rings. The first-order chi connectivity index (χ1) is 10.5. The van der Waals surface area contributed by atoms with E-state index in [1.54, 1.807) is 24.3 Å². The van der Waals surface area contributed by atoms with Crippen molar-refractivity contribution < 1.29 is 13.9 Å². The Morgan fingerprint density at radius 1 is 1.32 bits per heavy atom. The van der Waals surface area contributed by atoms with E-state index in [0.29, 0.717) is 10.6 Å². The Bertz CT molecular complexity index is 748. The lowest BCUT2D eigenvalue weighted by molar-refractivity contribution is -0.118. The van der Waals surface area contributed by atoms with Crippen LogP contribution in [0.2, 0.25) is 5.02 Å². The van der Waals surface area contributed by atoms with Crippen molar-refractivity contribution in [1.82, 2.24) is 5.32 Å². The molecule has 1 amide bonds. The molecule has 1 aliphatic heterocycles. The number of aryl methyl sites for hydroxylation is 1. The first kappa shape index (κ1) is 14.7. The number of halogens is 1. The zero-order valence-corrected chi connectivity index (χ0v) is 13.1. The second kappa shape index (κ2) is 5.89. The number of fused-ring (bicyclic) bond motifs is 1. The van der Waals surface area contributed by atoms with Gasteiger partial charge in [0.05, 0.1) is 11.6 Å². The quantitative estimate of drug-likeness (QED) is 0.934. The van der Waals surface area contributed by atoms with Crippen molar-refractivity contribution in [2.24, 2.45) is 0 Å². The van der Waals surface area contributed by atoms with Gasteiger partial charge in [0, 0.05) is 10.6 Å². The second-order valence-electron chi connectivity index (χ2n) is 5.28. The molecule has 0 saturated carbocycles. The first-order valence-corrected chi connectivity index (χ1v) is 7.41. The fourth-order valence-electron chi connectivity index (χ4n) is 2.33. The third-order valence-electron chi connectivity index (χ3n) is 3.51. The zero-order chi connectivity index (χ0) is 15.7. The number of hydrogen-bond acceptors (Lipinski definition) is 3. The highest BCUT2D eigenvalue weighted by atomic mass is 35.5. The summed E-state index contributed by atoms with van der Waals surface area (Å²) in [4.78, 5) is 12.3. The predicted molar refractivity (Wildman–Crippen MR) is 84.9 cm³/mol. The van der Waals surface area contributed by atoms with Crippen molar-refractivity contribution in [2.45, 2.75) is 19.9 Å². The van der Waals surface area contributed by atoms with Crippen LogP contribution < -0.4 is 10.1 Å². The van der Waals surface area contributed by atoms with E-state index >= 15 is 0 Å². The molecule has 1 atom stereocenters. The second-order valence-corrected chi connectivity index (χ2v) is 5.72. The van der Waals surface area contributed by atoms with Crippen LogP contribution in [0, 0.1) is 6.92 Å². The molecule has 1 unspecified atom stereocenters. The standard InChI is InChI=1S/C17H16ClNO3/c1-10-3-5-15(22-10)11(2)19-17(20)13-7-12-8-14(18)4-6-16(12)21-9-13/h3-8,11H,9H2,1-2H3,(H,19,20). The van der Waals surface area contributed by atoms with E-state index in [4.69, 9.17) is 20.8 Å². The topological polar surface area (TPSA) is 51.5 Å². The van der Waals surface area contributed by atoms with Gasteiger partial charge >= 0.3 is 0 Å². The summed E-state index contributed by atoms with van der Waals surface area (Å²) in [5.74, 6) is 2.11. The molecule has 0 radical (unpaired) electrons. The first-order valence-electron chi connectivity index (χ1n) is 7.03. The molecule has 0 bridgehead atoms. The fourth-order valence-corrected chi connectivity index (χ4v) is 2.51. The fraction of sp³-hybridized carbons (Fsp3) is 0.235. The van der Waals surface area contributed by atoms with Gasteiger partial charge in [-0.25, -0.2) is 0 Å². The van der Waals surface area contributed by atoms with Crippen molar-refractivity contribution in [3.05, 3.63) is 58.0 Å². The average molecular weight is 318 g/mol. The minimum atomic E-state index is -0.206. The largest absolute Gasteiger partial charge is 0.488 e. The number of furan rings is 1. The Labute approximate surface area is 133 Å². The van der Waals surface area contributed by atoms with Gasteiger partial charge in [-0.1, -0.05) is 11.6 Å². The Balaban J connectivity index is 1.75. The van der Waals surface area contributed by atoms with E-state index in [2.05, 4.69) is 5.32 Å². The van der Waals surface area contributed by atoms with E-state index in [0.717, 1.165) is 22.8 Å². The van der Waals surface area contributed by atoms with Crippen LogP contribution in [0.25, 0.3) is 6.08 Å². The number of hydrogen-bond donors (Lipinski definition) is 1. The molecule has 2 heterocycles. The van der Waals surface area contributed by atoms with Gasteiger partial charge in [-0.3, -0.25) is 4.79 Å². The summed E-state index contributed by atoms with van der Waals surface area (Å²) in [5, 5.41) is 3.52. The monoisotopic (exact) mass is 317 g/mol. The highest BCUT2D eigenvalue weighted by Crippen LogP contribution is 2.29. The zero-order valence-electron chi connectivity index (χ0n) is 12.4. The summed E-state index contributed by atoms with van der Waals surface area (Å²) in [6.07, 6.45) is 1.81. The van der Waals surface area contributed by atoms with E-state index < -0.39 is 0 Å². The average Bonchev–Trinajstić information content (AvgIpc) is 2.93. The maximum Gasteiger partial charge on any atom is 0.251 e. The molecule has 1 aromatic carbocycles. The highest BCUT2D eigenvalue weighted by Gasteiger charge is 2.20. The Kier molecular flexibility index (Phi) is 3.94. The lowest BCUT2D eigenvalue weighted by atomic mass is 10.1. The van der Waals surface area contributed by atoms with Crippen LogP contribution in [-0.2, 0) is 4.79 Å². The van der Waals surface area contributed by atoms with Crippen molar-refractivity contribution >= 4 is 23.6 Å². The molecule has 0 aliphatic carbocycles. The molecular formula is C17H16ClNO3. The number of amides is 1. The molecule has 4 nitrogen and oxygen atoms in total. The van der Waals surface area contributed by atoms with E-state index in [9.17, 15) is 4.79 Å². The van der Waals surface area contributed by atoms with Gasteiger partial charge in [-0.15, -0.1) is 0 Å². The van der Waals surface area contributed by atoms with Gasteiger partial charge in [0.1, 0.15) is 23.9 Å². The number of rotatable bonds is 3. The van der Waals surface area contributed by atoms with Crippen molar-refractivity contribution in [3.63, 3.8) is 0 Å². The molecule has 2 aromatic rings. The lowest BCUT2D eigenvalue weighted by Crippen LogP contribution is -2.30. The third-order valence-corrected chi connectivity index (χ3v) is 3.75. The van der Waals surface area contributed by atoms with E-state index in [-0.39, 0.29) is 18.6 Å². The number of nitrogens with one attached hydrogen (secondary N) is 1. The lowest BCUT2D eigenvalue weighted by Gasteiger charge is -2.19. The minimum Gasteiger partial charge on any atom is -0.488 e. The van der Waals surface area contributed by atoms with Crippen LogP contribution in [0.4, 0.5) is 0 Å². The maximum absolute atomic E-state index is 12.3. The molecule has 0 fully saturated rings. The summed E-state index contributed by atoms with van der Waals surface area (Å²) < 4.78 is 11.1. The molecule has 0 saturated heterocycles. The van der Waals surface area contributed by atoms with Gasteiger partial charge < -0.3 is 14.5 Å². The van der Waals surface area contributed by atoms with Gasteiger partial charge in [0.25, 0.3) is 5.91 Å². The summed E-state index contributed by atoms with van der Waals surface area (Å²) >= 11 is 5.97. The van der Waals surface area contributed by atoms with Crippen molar-refractivity contribution in [1.29, 1.82) is 0 Å². The molecular weight excluding hydrogens is 302 g/mol. The molecule has 5 heteroatoms. The van der Waals surface area contributed by atoms with Crippen molar-refractivity contribution in [3.8, 4) is 5.75 Å². The van der Waals surface area contributed by atoms with Gasteiger partial charge in [-0.05, 0) is 50.3 Å². The number of ether oxygens (including phenoxy) is 1. The van der Waals surface area contributed by atoms with Crippen LogP contribution in [-0.4, -0.2) is 12.5 Å². The van der Waals surface area contributed by atoms with E-state index in [1.807, 2.05) is 26.0 Å². The molecule has 0 spiro atoms. The SMILES string of the molecule is Cc1ccc(C(C)NC(=O)C2=Cc3cc(Cl)ccc3OC2)o1. The molecule has 22 heavy (non-hydrogen) atoms. The van der Waals surface area contributed by atoms with Crippen molar-refractivity contribution in [2.75, 3.05) is 6.61 Å². The minimum absolute atomic E-state index is 0.174. The van der Waals surface area contributed by atoms with E-state index in [1.165, 1.54) is 0 Å². The summed E-state index contributed by atoms with van der Waals surface area (Å²) in [6, 6.07) is 8.88. The smallest absolute Gasteiger partial charge is 0.251 e. The third kappa shape index (κ3) is 3.02. The van der Waals surface area contributed by atoms with Crippen LogP contribution >= 0.6 is 11.6 Å². The number of benzene rings is 1. The van der Waals surface area contributed by atoms with Gasteiger partial charge in [-0.2, -0.15) is 0 Å². The molecule has 114 valence electrons. The highest BCUT2D eigenvalue weighted by molar-refractivity contribution is 6.30. The van der Waals surface area contributed by atoms with Crippen LogP contribution in [0.1, 0.15) is 30.0 Å². The van der Waals surface area contributed by atoms with Crippen LogP contribution in [0.15, 0.2) is 40.3 Å². The summed E-state index contributed by atoms with van der Waals surface area (Å²) in [6.45, 7) is 3.99. The van der Waals surface area contributed by atoms with Gasteiger partial charge in [0.2, 0.25) is 0 Å². The Hall–Kier alpha value is -2.20. The Morgan fingerprint density at radius 2 is 2.14 bits per heavy atom. The summed E-state index contributed by atoms with van der Waals surface area (Å²) in [5.41, 5.74) is 1.37. The molecule has 1 N–H and O–H groups in total. The predicted octanol–water partition coefficient (Wildman–Crippen LogP) is 3.89.